The zero-order chi connectivity index (χ0) is 15.2. The Hall–Kier alpha value is -2.69. The van der Waals surface area contributed by atoms with Crippen LogP contribution < -0.4 is 10.1 Å². The van der Waals surface area contributed by atoms with E-state index in [9.17, 15) is 14.0 Å². The van der Waals surface area contributed by atoms with Crippen LogP contribution in [0.4, 0.5) is 10.1 Å². The Bertz CT molecular complexity index is 653. The number of hydrogen-bond donors (Lipinski definition) is 1. The van der Waals surface area contributed by atoms with Gasteiger partial charge in [-0.2, -0.15) is 0 Å². The Morgan fingerprint density at radius 1 is 1.24 bits per heavy atom. The largest absolute Gasteiger partial charge is 0.488 e. The van der Waals surface area contributed by atoms with Crippen molar-refractivity contribution in [1.82, 2.24) is 0 Å². The minimum Gasteiger partial charge on any atom is -0.488 e. The van der Waals surface area contributed by atoms with Crippen LogP contribution in [0.25, 0.3) is 0 Å². The molecular weight excluding hydrogens is 273 g/mol. The van der Waals surface area contributed by atoms with Gasteiger partial charge in [0, 0.05) is 18.7 Å². The molecule has 4 nitrogen and oxygen atoms in total. The fraction of sp³-hybridized carbons (Fsp3) is 0.125. The van der Waals surface area contributed by atoms with Crippen molar-refractivity contribution < 1.29 is 18.7 Å². The van der Waals surface area contributed by atoms with Crippen molar-refractivity contribution in [2.24, 2.45) is 0 Å². The molecule has 1 amide bonds. The molecule has 0 heterocycles. The van der Waals surface area contributed by atoms with Gasteiger partial charge in [0.15, 0.2) is 6.29 Å². The molecule has 5 heteroatoms. The summed E-state index contributed by atoms with van der Waals surface area (Å²) >= 11 is 0. The van der Waals surface area contributed by atoms with Crippen molar-refractivity contribution in [1.29, 1.82) is 0 Å². The highest BCUT2D eigenvalue weighted by Crippen LogP contribution is 2.23. The normalized spacial score (nSPS) is 10.0. The molecule has 21 heavy (non-hydrogen) atoms. The molecule has 0 aliphatic carbocycles. The molecule has 0 spiro atoms. The second-order valence-corrected chi connectivity index (χ2v) is 4.47. The smallest absolute Gasteiger partial charge is 0.221 e. The zero-order valence-corrected chi connectivity index (χ0v) is 11.4. The Balaban J connectivity index is 2.15. The van der Waals surface area contributed by atoms with E-state index in [2.05, 4.69) is 5.32 Å². The van der Waals surface area contributed by atoms with Gasteiger partial charge >= 0.3 is 0 Å². The van der Waals surface area contributed by atoms with Crippen molar-refractivity contribution in [3.05, 3.63) is 59.4 Å². The lowest BCUT2D eigenvalue weighted by Gasteiger charge is -2.11. The Labute approximate surface area is 121 Å². The topological polar surface area (TPSA) is 55.4 Å². The number of benzene rings is 2. The number of amides is 1. The van der Waals surface area contributed by atoms with Crippen LogP contribution in [0.5, 0.6) is 5.75 Å². The first kappa shape index (κ1) is 14.7. The lowest BCUT2D eigenvalue weighted by atomic mass is 10.2. The Kier molecular flexibility index (Phi) is 4.66. The first-order valence-corrected chi connectivity index (χ1v) is 6.32. The van der Waals surface area contributed by atoms with E-state index in [0.29, 0.717) is 23.3 Å². The molecular formula is C16H14FNO3. The SMILES string of the molecule is CC(=O)Nc1ccc(C=O)c(OCc2ccc(F)cc2)c1. The van der Waals surface area contributed by atoms with E-state index in [-0.39, 0.29) is 18.3 Å². The summed E-state index contributed by atoms with van der Waals surface area (Å²) in [6.45, 7) is 1.59. The molecule has 0 unspecified atom stereocenters. The molecule has 0 bridgehead atoms. The van der Waals surface area contributed by atoms with Gasteiger partial charge < -0.3 is 10.1 Å². The third-order valence-electron chi connectivity index (χ3n) is 2.77. The maximum absolute atomic E-state index is 12.8. The third kappa shape index (κ3) is 4.14. The van der Waals surface area contributed by atoms with Gasteiger partial charge in [-0.3, -0.25) is 9.59 Å². The molecule has 2 rings (SSSR count). The summed E-state index contributed by atoms with van der Waals surface area (Å²) in [4.78, 5) is 22.0. The van der Waals surface area contributed by atoms with Crippen LogP contribution in [0.2, 0.25) is 0 Å². The lowest BCUT2D eigenvalue weighted by Crippen LogP contribution is -2.06. The van der Waals surface area contributed by atoms with Crippen molar-refractivity contribution in [2.75, 3.05) is 5.32 Å². The molecule has 0 atom stereocenters. The standard InChI is InChI=1S/C16H14FNO3/c1-11(20)18-15-7-4-13(9-19)16(8-15)21-10-12-2-5-14(17)6-3-12/h2-9H,10H2,1H3,(H,18,20). The van der Waals surface area contributed by atoms with Crippen LogP contribution in [-0.2, 0) is 11.4 Å². The van der Waals surface area contributed by atoms with E-state index >= 15 is 0 Å². The monoisotopic (exact) mass is 287 g/mol. The van der Waals surface area contributed by atoms with Gasteiger partial charge in [-0.15, -0.1) is 0 Å². The van der Waals surface area contributed by atoms with Crippen molar-refractivity contribution in [2.45, 2.75) is 13.5 Å². The number of carbonyl (C=O) groups is 2. The summed E-state index contributed by atoms with van der Waals surface area (Å²) in [5.41, 5.74) is 1.70. The van der Waals surface area contributed by atoms with Gasteiger partial charge in [0.1, 0.15) is 18.2 Å². The van der Waals surface area contributed by atoms with Crippen molar-refractivity contribution in [3.63, 3.8) is 0 Å². The maximum Gasteiger partial charge on any atom is 0.221 e. The average Bonchev–Trinajstić information content (AvgIpc) is 2.46. The summed E-state index contributed by atoms with van der Waals surface area (Å²) in [6, 6.07) is 10.7. The van der Waals surface area contributed by atoms with Crippen LogP contribution >= 0.6 is 0 Å². The maximum atomic E-state index is 12.8. The molecule has 108 valence electrons. The first-order valence-electron chi connectivity index (χ1n) is 6.32. The molecule has 2 aromatic rings. The lowest BCUT2D eigenvalue weighted by molar-refractivity contribution is -0.114. The molecule has 0 aliphatic heterocycles. The summed E-state index contributed by atoms with van der Waals surface area (Å²) < 4.78 is 18.4. The minimum atomic E-state index is -0.319. The quantitative estimate of drug-likeness (QED) is 0.859. The highest BCUT2D eigenvalue weighted by atomic mass is 19.1. The van der Waals surface area contributed by atoms with Crippen LogP contribution in [0.3, 0.4) is 0 Å². The Morgan fingerprint density at radius 3 is 2.57 bits per heavy atom. The molecule has 0 radical (unpaired) electrons. The number of carbonyl (C=O) groups excluding carboxylic acids is 2. The van der Waals surface area contributed by atoms with Gasteiger partial charge in [-0.25, -0.2) is 4.39 Å². The zero-order valence-electron chi connectivity index (χ0n) is 11.4. The average molecular weight is 287 g/mol. The molecule has 0 fully saturated rings. The van der Waals surface area contributed by atoms with Gasteiger partial charge in [0.25, 0.3) is 0 Å². The van der Waals surface area contributed by atoms with E-state index in [1.54, 1.807) is 30.3 Å². The van der Waals surface area contributed by atoms with E-state index in [1.807, 2.05) is 0 Å². The van der Waals surface area contributed by atoms with Crippen LogP contribution in [0, 0.1) is 5.82 Å². The molecule has 0 aromatic heterocycles. The number of halogens is 1. The van der Waals surface area contributed by atoms with Gasteiger partial charge in [-0.05, 0) is 29.8 Å². The fourth-order valence-corrected chi connectivity index (χ4v) is 1.78. The molecule has 2 aromatic carbocycles. The number of aldehydes is 1. The Morgan fingerprint density at radius 2 is 1.95 bits per heavy atom. The highest BCUT2D eigenvalue weighted by Gasteiger charge is 2.06. The fourth-order valence-electron chi connectivity index (χ4n) is 1.78. The van der Waals surface area contributed by atoms with Crippen LogP contribution in [0.1, 0.15) is 22.8 Å². The van der Waals surface area contributed by atoms with Gasteiger partial charge in [0.2, 0.25) is 5.91 Å². The van der Waals surface area contributed by atoms with Crippen LogP contribution in [0.15, 0.2) is 42.5 Å². The van der Waals surface area contributed by atoms with E-state index < -0.39 is 0 Å². The number of ether oxygens (including phenoxy) is 1. The number of rotatable bonds is 5. The summed E-state index contributed by atoms with van der Waals surface area (Å²) in [5.74, 6) is -0.168. The summed E-state index contributed by atoms with van der Waals surface area (Å²) in [6.07, 6.45) is 0.678. The molecule has 0 saturated heterocycles. The third-order valence-corrected chi connectivity index (χ3v) is 2.77. The molecule has 0 aliphatic rings. The highest BCUT2D eigenvalue weighted by molar-refractivity contribution is 5.90. The van der Waals surface area contributed by atoms with Gasteiger partial charge in [0.05, 0.1) is 5.56 Å². The summed E-state index contributed by atoms with van der Waals surface area (Å²) in [7, 11) is 0. The summed E-state index contributed by atoms with van der Waals surface area (Å²) in [5, 5.41) is 2.62. The van der Waals surface area contributed by atoms with Crippen molar-refractivity contribution >= 4 is 17.9 Å². The first-order chi connectivity index (χ1) is 10.1. The number of anilines is 1. The number of hydrogen-bond acceptors (Lipinski definition) is 3. The second kappa shape index (κ2) is 6.65. The van der Waals surface area contributed by atoms with Crippen LogP contribution in [-0.4, -0.2) is 12.2 Å². The van der Waals surface area contributed by atoms with E-state index in [4.69, 9.17) is 4.74 Å². The van der Waals surface area contributed by atoms with Crippen molar-refractivity contribution in [3.8, 4) is 5.75 Å². The molecule has 1 N–H and O–H groups in total. The second-order valence-electron chi connectivity index (χ2n) is 4.47. The predicted molar refractivity (Wildman–Crippen MR) is 76.9 cm³/mol. The van der Waals surface area contributed by atoms with E-state index in [0.717, 1.165) is 5.56 Å². The minimum absolute atomic E-state index is 0.199. The van der Waals surface area contributed by atoms with Gasteiger partial charge in [-0.1, -0.05) is 12.1 Å². The molecule has 0 saturated carbocycles. The number of nitrogens with one attached hydrogen (secondary N) is 1. The predicted octanol–water partition coefficient (Wildman–Crippen LogP) is 3.18. The van der Waals surface area contributed by atoms with E-state index in [1.165, 1.54) is 19.1 Å².